The number of nitrogens with one attached hydrogen (secondary N) is 1. The standard InChI is InChI=1S/C14H19NO5/c1-5-9(3)15-11(16)7-19-14(18)13-8(2)6-12(17)20-10(13)4/h6,9H,5,7H2,1-4H3,(H,15,16). The summed E-state index contributed by atoms with van der Waals surface area (Å²) in [7, 11) is 0. The molecule has 0 aromatic carbocycles. The maximum absolute atomic E-state index is 11.9. The lowest BCUT2D eigenvalue weighted by Gasteiger charge is -2.12. The lowest BCUT2D eigenvalue weighted by molar-refractivity contribution is -0.124. The number of hydrogen-bond donors (Lipinski definition) is 1. The Morgan fingerprint density at radius 3 is 2.60 bits per heavy atom. The number of hydrogen-bond acceptors (Lipinski definition) is 5. The van der Waals surface area contributed by atoms with Crippen LogP contribution < -0.4 is 10.9 Å². The summed E-state index contributed by atoms with van der Waals surface area (Å²) in [5.74, 6) is -0.856. The van der Waals surface area contributed by atoms with Crippen LogP contribution in [0.2, 0.25) is 0 Å². The van der Waals surface area contributed by atoms with Crippen molar-refractivity contribution < 1.29 is 18.7 Å². The molecule has 0 bridgehead atoms. The van der Waals surface area contributed by atoms with Crippen LogP contribution in [0.4, 0.5) is 0 Å². The second kappa shape index (κ2) is 6.88. The van der Waals surface area contributed by atoms with E-state index in [1.807, 2.05) is 13.8 Å². The highest BCUT2D eigenvalue weighted by Gasteiger charge is 2.18. The Kier molecular flexibility index (Phi) is 5.49. The molecule has 0 fully saturated rings. The van der Waals surface area contributed by atoms with Gasteiger partial charge in [-0.15, -0.1) is 0 Å². The molecule has 0 aliphatic rings. The molecule has 0 aliphatic carbocycles. The Labute approximate surface area is 117 Å². The zero-order chi connectivity index (χ0) is 15.3. The molecule has 1 heterocycles. The molecule has 6 nitrogen and oxygen atoms in total. The summed E-state index contributed by atoms with van der Waals surface area (Å²) in [4.78, 5) is 34.5. The Bertz CT molecular complexity index is 535. The summed E-state index contributed by atoms with van der Waals surface area (Å²) in [5, 5.41) is 2.69. The van der Waals surface area contributed by atoms with E-state index >= 15 is 0 Å². The van der Waals surface area contributed by atoms with Crippen LogP contribution in [-0.4, -0.2) is 24.5 Å². The smallest absolute Gasteiger partial charge is 0.342 e. The molecule has 6 heteroatoms. The summed E-state index contributed by atoms with van der Waals surface area (Å²) in [5.41, 5.74) is 0.123. The van der Waals surface area contributed by atoms with Crippen LogP contribution >= 0.6 is 0 Å². The first-order valence-corrected chi connectivity index (χ1v) is 6.43. The lowest BCUT2D eigenvalue weighted by atomic mass is 10.1. The molecule has 20 heavy (non-hydrogen) atoms. The highest BCUT2D eigenvalue weighted by Crippen LogP contribution is 2.12. The Morgan fingerprint density at radius 2 is 2.05 bits per heavy atom. The third-order valence-corrected chi connectivity index (χ3v) is 2.89. The van der Waals surface area contributed by atoms with E-state index in [1.54, 1.807) is 6.92 Å². The molecular formula is C14H19NO5. The summed E-state index contributed by atoms with van der Waals surface area (Å²) in [6, 6.07) is 1.24. The topological polar surface area (TPSA) is 85.6 Å². The average Bonchev–Trinajstić information content (AvgIpc) is 2.34. The van der Waals surface area contributed by atoms with Crippen LogP contribution in [-0.2, 0) is 9.53 Å². The number of aryl methyl sites for hydroxylation is 2. The van der Waals surface area contributed by atoms with Crippen LogP contribution in [0.15, 0.2) is 15.3 Å². The molecule has 1 aromatic rings. The fourth-order valence-corrected chi connectivity index (χ4v) is 1.68. The maximum atomic E-state index is 11.9. The van der Waals surface area contributed by atoms with Crippen molar-refractivity contribution in [1.29, 1.82) is 0 Å². The van der Waals surface area contributed by atoms with Gasteiger partial charge in [-0.1, -0.05) is 6.92 Å². The van der Waals surface area contributed by atoms with Crippen LogP contribution in [0.25, 0.3) is 0 Å². The highest BCUT2D eigenvalue weighted by molar-refractivity contribution is 5.93. The van der Waals surface area contributed by atoms with E-state index in [1.165, 1.54) is 13.0 Å². The van der Waals surface area contributed by atoms with Crippen molar-refractivity contribution in [2.75, 3.05) is 6.61 Å². The minimum absolute atomic E-state index is 0.0272. The normalized spacial score (nSPS) is 11.8. The molecule has 1 aromatic heterocycles. The van der Waals surface area contributed by atoms with Crippen LogP contribution in [0.3, 0.4) is 0 Å². The number of amides is 1. The van der Waals surface area contributed by atoms with E-state index in [4.69, 9.17) is 9.15 Å². The van der Waals surface area contributed by atoms with Gasteiger partial charge < -0.3 is 14.5 Å². The van der Waals surface area contributed by atoms with Crippen molar-refractivity contribution >= 4 is 11.9 Å². The highest BCUT2D eigenvalue weighted by atomic mass is 16.5. The van der Waals surface area contributed by atoms with Gasteiger partial charge in [0.1, 0.15) is 11.3 Å². The molecular weight excluding hydrogens is 262 g/mol. The van der Waals surface area contributed by atoms with Gasteiger partial charge in [0.15, 0.2) is 6.61 Å². The molecule has 0 saturated heterocycles. The summed E-state index contributed by atoms with van der Waals surface area (Å²) in [6.45, 7) is 6.56. The van der Waals surface area contributed by atoms with E-state index in [0.29, 0.717) is 5.56 Å². The fourth-order valence-electron chi connectivity index (χ4n) is 1.68. The zero-order valence-electron chi connectivity index (χ0n) is 12.1. The summed E-state index contributed by atoms with van der Waals surface area (Å²) >= 11 is 0. The Hall–Kier alpha value is -2.11. The van der Waals surface area contributed by atoms with Crippen LogP contribution in [0, 0.1) is 13.8 Å². The van der Waals surface area contributed by atoms with Gasteiger partial charge >= 0.3 is 11.6 Å². The van der Waals surface area contributed by atoms with Gasteiger partial charge in [-0.3, -0.25) is 4.79 Å². The number of rotatable bonds is 5. The number of carbonyl (C=O) groups excluding carboxylic acids is 2. The second-order valence-electron chi connectivity index (χ2n) is 4.63. The van der Waals surface area contributed by atoms with Crippen molar-refractivity contribution in [3.63, 3.8) is 0 Å². The van der Waals surface area contributed by atoms with Crippen LogP contribution in [0.1, 0.15) is 41.9 Å². The lowest BCUT2D eigenvalue weighted by Crippen LogP contribution is -2.35. The largest absolute Gasteiger partial charge is 0.452 e. The molecule has 1 N–H and O–H groups in total. The minimum atomic E-state index is -0.678. The Balaban J connectivity index is 2.69. The second-order valence-corrected chi connectivity index (χ2v) is 4.63. The molecule has 1 amide bonds. The first kappa shape index (κ1) is 15.9. The quantitative estimate of drug-likeness (QED) is 0.823. The van der Waals surface area contributed by atoms with E-state index in [9.17, 15) is 14.4 Å². The molecule has 1 unspecified atom stereocenters. The van der Waals surface area contributed by atoms with Crippen molar-refractivity contribution in [2.24, 2.45) is 0 Å². The summed E-state index contributed by atoms with van der Waals surface area (Å²) < 4.78 is 9.77. The van der Waals surface area contributed by atoms with E-state index in [2.05, 4.69) is 5.32 Å². The number of esters is 1. The van der Waals surface area contributed by atoms with Gasteiger partial charge in [-0.05, 0) is 32.8 Å². The van der Waals surface area contributed by atoms with Gasteiger partial charge in [0.2, 0.25) is 0 Å². The van der Waals surface area contributed by atoms with Crippen molar-refractivity contribution in [3.05, 3.63) is 33.4 Å². The SMILES string of the molecule is CCC(C)NC(=O)COC(=O)c1c(C)cc(=O)oc1C. The van der Waals surface area contributed by atoms with Gasteiger partial charge in [0, 0.05) is 12.1 Å². The van der Waals surface area contributed by atoms with E-state index in [-0.39, 0.29) is 29.9 Å². The van der Waals surface area contributed by atoms with Gasteiger partial charge in [-0.2, -0.15) is 0 Å². The third-order valence-electron chi connectivity index (χ3n) is 2.89. The maximum Gasteiger partial charge on any atom is 0.342 e. The average molecular weight is 281 g/mol. The molecule has 0 radical (unpaired) electrons. The predicted octanol–water partition coefficient (Wildman–Crippen LogP) is 1.33. The molecule has 0 aliphatic heterocycles. The fraction of sp³-hybridized carbons (Fsp3) is 0.500. The van der Waals surface area contributed by atoms with Crippen molar-refractivity contribution in [1.82, 2.24) is 5.32 Å². The van der Waals surface area contributed by atoms with Crippen LogP contribution in [0.5, 0.6) is 0 Å². The molecule has 1 rings (SSSR count). The van der Waals surface area contributed by atoms with E-state index < -0.39 is 11.6 Å². The van der Waals surface area contributed by atoms with E-state index in [0.717, 1.165) is 6.42 Å². The van der Waals surface area contributed by atoms with Gasteiger partial charge in [0.05, 0.1) is 0 Å². The van der Waals surface area contributed by atoms with Crippen molar-refractivity contribution in [2.45, 2.75) is 40.2 Å². The molecule has 0 spiro atoms. The molecule has 1 atom stereocenters. The van der Waals surface area contributed by atoms with Gasteiger partial charge in [-0.25, -0.2) is 9.59 Å². The zero-order valence-corrected chi connectivity index (χ0v) is 12.1. The number of carbonyl (C=O) groups is 2. The first-order valence-electron chi connectivity index (χ1n) is 6.43. The first-order chi connectivity index (χ1) is 9.35. The Morgan fingerprint density at radius 1 is 1.40 bits per heavy atom. The van der Waals surface area contributed by atoms with Gasteiger partial charge in [0.25, 0.3) is 5.91 Å². The molecule has 110 valence electrons. The molecule has 0 saturated carbocycles. The van der Waals surface area contributed by atoms with Crippen molar-refractivity contribution in [3.8, 4) is 0 Å². The monoisotopic (exact) mass is 281 g/mol. The predicted molar refractivity (Wildman–Crippen MR) is 72.6 cm³/mol. The summed E-state index contributed by atoms with van der Waals surface area (Å²) in [6.07, 6.45) is 0.793. The minimum Gasteiger partial charge on any atom is -0.452 e. The third kappa shape index (κ3) is 4.22. The number of ether oxygens (including phenoxy) is 1.